The molecule has 0 unspecified atom stereocenters. The van der Waals surface area contributed by atoms with E-state index in [2.05, 4.69) is 15.6 Å². The molecule has 0 radical (unpaired) electrons. The first-order valence-electron chi connectivity index (χ1n) is 5.34. The maximum absolute atomic E-state index is 11.3. The average molecular weight is 223 g/mol. The molecule has 16 heavy (non-hydrogen) atoms. The van der Waals surface area contributed by atoms with Gasteiger partial charge in [-0.2, -0.15) is 0 Å². The van der Waals surface area contributed by atoms with Crippen molar-refractivity contribution in [3.05, 3.63) is 18.3 Å². The molecule has 0 saturated heterocycles. The van der Waals surface area contributed by atoms with E-state index < -0.39 is 6.09 Å². The Morgan fingerprint density at radius 1 is 1.50 bits per heavy atom. The summed E-state index contributed by atoms with van der Waals surface area (Å²) in [6, 6.07) is 3.54. The highest BCUT2D eigenvalue weighted by atomic mass is 16.5. The van der Waals surface area contributed by atoms with Crippen LogP contribution in [0.1, 0.15) is 19.8 Å². The van der Waals surface area contributed by atoms with Gasteiger partial charge in [0, 0.05) is 7.05 Å². The van der Waals surface area contributed by atoms with Crippen LogP contribution in [0.4, 0.5) is 16.3 Å². The summed E-state index contributed by atoms with van der Waals surface area (Å²) in [5.74, 6) is 0.487. The first-order chi connectivity index (χ1) is 7.76. The zero-order valence-electron chi connectivity index (χ0n) is 9.62. The highest BCUT2D eigenvalue weighted by Crippen LogP contribution is 2.08. The van der Waals surface area contributed by atoms with Crippen LogP contribution in [0.15, 0.2) is 18.3 Å². The van der Waals surface area contributed by atoms with E-state index in [9.17, 15) is 4.79 Å². The predicted molar refractivity (Wildman–Crippen MR) is 63.7 cm³/mol. The van der Waals surface area contributed by atoms with Crippen molar-refractivity contribution in [1.82, 2.24) is 4.98 Å². The number of rotatable bonds is 5. The van der Waals surface area contributed by atoms with Gasteiger partial charge in [0.1, 0.15) is 5.82 Å². The van der Waals surface area contributed by atoms with Gasteiger partial charge in [0.2, 0.25) is 0 Å². The van der Waals surface area contributed by atoms with Crippen molar-refractivity contribution in [2.45, 2.75) is 19.8 Å². The zero-order chi connectivity index (χ0) is 11.8. The van der Waals surface area contributed by atoms with Gasteiger partial charge in [-0.25, -0.2) is 9.78 Å². The van der Waals surface area contributed by atoms with Gasteiger partial charge in [0.05, 0.1) is 18.5 Å². The summed E-state index contributed by atoms with van der Waals surface area (Å²) in [6.07, 6.45) is 3.06. The molecule has 1 amide bonds. The largest absolute Gasteiger partial charge is 0.449 e. The molecule has 2 N–H and O–H groups in total. The fourth-order valence-electron chi connectivity index (χ4n) is 1.07. The van der Waals surface area contributed by atoms with Gasteiger partial charge in [0.15, 0.2) is 0 Å². The van der Waals surface area contributed by atoms with E-state index in [1.165, 1.54) is 0 Å². The van der Waals surface area contributed by atoms with E-state index >= 15 is 0 Å². The normalized spacial score (nSPS) is 9.62. The molecule has 1 heterocycles. The second-order valence-electron chi connectivity index (χ2n) is 3.30. The summed E-state index contributed by atoms with van der Waals surface area (Å²) >= 11 is 0. The standard InChI is InChI=1S/C11H17N3O2/c1-3-4-7-16-11(15)14-10-6-5-9(12-2)8-13-10/h5-6,8,12H,3-4,7H2,1-2H3,(H,13,14,15). The number of hydrogen-bond acceptors (Lipinski definition) is 4. The summed E-state index contributed by atoms with van der Waals surface area (Å²) < 4.78 is 4.94. The molecule has 0 aliphatic carbocycles. The third-order valence-corrected chi connectivity index (χ3v) is 2.01. The Balaban J connectivity index is 2.37. The van der Waals surface area contributed by atoms with E-state index in [4.69, 9.17) is 4.74 Å². The Morgan fingerprint density at radius 2 is 2.31 bits per heavy atom. The van der Waals surface area contributed by atoms with Crippen LogP contribution < -0.4 is 10.6 Å². The summed E-state index contributed by atoms with van der Waals surface area (Å²) in [4.78, 5) is 15.3. The van der Waals surface area contributed by atoms with Gasteiger partial charge >= 0.3 is 6.09 Å². The molecular formula is C11H17N3O2. The second-order valence-corrected chi connectivity index (χ2v) is 3.30. The summed E-state index contributed by atoms with van der Waals surface area (Å²) in [5, 5.41) is 5.50. The Morgan fingerprint density at radius 3 is 2.88 bits per heavy atom. The first kappa shape index (κ1) is 12.3. The Kier molecular flexibility index (Phi) is 5.11. The molecule has 0 atom stereocenters. The van der Waals surface area contributed by atoms with Gasteiger partial charge in [-0.15, -0.1) is 0 Å². The number of aromatic nitrogens is 1. The van der Waals surface area contributed by atoms with Gasteiger partial charge in [-0.3, -0.25) is 5.32 Å². The summed E-state index contributed by atoms with van der Waals surface area (Å²) in [7, 11) is 1.81. The van der Waals surface area contributed by atoms with Crippen LogP contribution in [0.25, 0.3) is 0 Å². The number of carbonyl (C=O) groups excluding carboxylic acids is 1. The summed E-state index contributed by atoms with van der Waals surface area (Å²) in [6.45, 7) is 2.48. The SMILES string of the molecule is CCCCOC(=O)Nc1ccc(NC)cn1. The third kappa shape index (κ3) is 4.16. The van der Waals surface area contributed by atoms with Crippen LogP contribution in [0.5, 0.6) is 0 Å². The van der Waals surface area contributed by atoms with Crippen LogP contribution >= 0.6 is 0 Å². The second kappa shape index (κ2) is 6.66. The van der Waals surface area contributed by atoms with Crippen LogP contribution in [-0.2, 0) is 4.74 Å². The molecule has 1 aromatic rings. The highest BCUT2D eigenvalue weighted by molar-refractivity contribution is 5.83. The molecule has 0 saturated carbocycles. The number of pyridine rings is 1. The number of anilines is 2. The third-order valence-electron chi connectivity index (χ3n) is 2.01. The molecule has 0 aliphatic heterocycles. The number of hydrogen-bond donors (Lipinski definition) is 2. The molecule has 0 aromatic carbocycles. The Hall–Kier alpha value is -1.78. The van der Waals surface area contributed by atoms with Gasteiger partial charge in [-0.1, -0.05) is 13.3 Å². The minimum Gasteiger partial charge on any atom is -0.449 e. The Labute approximate surface area is 95.2 Å². The molecule has 1 aromatic heterocycles. The van der Waals surface area contributed by atoms with Crippen molar-refractivity contribution in [2.75, 3.05) is 24.3 Å². The van der Waals surface area contributed by atoms with Gasteiger partial charge in [0.25, 0.3) is 0 Å². The molecule has 0 spiro atoms. The van der Waals surface area contributed by atoms with Crippen molar-refractivity contribution >= 4 is 17.6 Å². The van der Waals surface area contributed by atoms with Crippen LogP contribution in [0.2, 0.25) is 0 Å². The van der Waals surface area contributed by atoms with E-state index in [-0.39, 0.29) is 0 Å². The molecule has 5 nitrogen and oxygen atoms in total. The number of unbranched alkanes of at least 4 members (excludes halogenated alkanes) is 1. The van der Waals surface area contributed by atoms with E-state index in [0.29, 0.717) is 12.4 Å². The molecule has 0 bridgehead atoms. The van der Waals surface area contributed by atoms with Crippen molar-refractivity contribution in [3.63, 3.8) is 0 Å². The first-order valence-corrected chi connectivity index (χ1v) is 5.34. The lowest BCUT2D eigenvalue weighted by molar-refractivity contribution is 0.160. The monoisotopic (exact) mass is 223 g/mol. The lowest BCUT2D eigenvalue weighted by Gasteiger charge is -2.06. The van der Waals surface area contributed by atoms with Crippen LogP contribution in [0.3, 0.4) is 0 Å². The topological polar surface area (TPSA) is 63.2 Å². The number of nitrogens with zero attached hydrogens (tertiary/aromatic N) is 1. The number of amides is 1. The predicted octanol–water partition coefficient (Wildman–Crippen LogP) is 2.47. The molecule has 1 rings (SSSR count). The molecule has 88 valence electrons. The maximum atomic E-state index is 11.3. The van der Waals surface area contributed by atoms with E-state index in [1.807, 2.05) is 20.0 Å². The lowest BCUT2D eigenvalue weighted by atomic mass is 10.4. The molecule has 5 heteroatoms. The van der Waals surface area contributed by atoms with Crippen LogP contribution in [0, 0.1) is 0 Å². The fourth-order valence-corrected chi connectivity index (χ4v) is 1.07. The van der Waals surface area contributed by atoms with Crippen molar-refractivity contribution in [2.24, 2.45) is 0 Å². The minimum atomic E-state index is -0.460. The number of nitrogens with one attached hydrogen (secondary N) is 2. The maximum Gasteiger partial charge on any atom is 0.412 e. The van der Waals surface area contributed by atoms with Crippen molar-refractivity contribution in [1.29, 1.82) is 0 Å². The average Bonchev–Trinajstić information content (AvgIpc) is 2.30. The van der Waals surface area contributed by atoms with Crippen molar-refractivity contribution < 1.29 is 9.53 Å². The van der Waals surface area contributed by atoms with E-state index in [1.54, 1.807) is 12.3 Å². The Bertz CT molecular complexity index is 325. The number of ether oxygens (including phenoxy) is 1. The van der Waals surface area contributed by atoms with E-state index in [0.717, 1.165) is 18.5 Å². The smallest absolute Gasteiger partial charge is 0.412 e. The number of carbonyl (C=O) groups is 1. The van der Waals surface area contributed by atoms with Crippen LogP contribution in [-0.4, -0.2) is 24.7 Å². The minimum absolute atomic E-state index is 0.441. The molecule has 0 aliphatic rings. The summed E-state index contributed by atoms with van der Waals surface area (Å²) in [5.41, 5.74) is 0.893. The molecular weight excluding hydrogens is 206 g/mol. The molecule has 0 fully saturated rings. The quantitative estimate of drug-likeness (QED) is 0.753. The van der Waals surface area contributed by atoms with Gasteiger partial charge < -0.3 is 10.1 Å². The zero-order valence-corrected chi connectivity index (χ0v) is 9.62. The lowest BCUT2D eigenvalue weighted by Crippen LogP contribution is -2.15. The van der Waals surface area contributed by atoms with Crippen molar-refractivity contribution in [3.8, 4) is 0 Å². The highest BCUT2D eigenvalue weighted by Gasteiger charge is 2.03. The fraction of sp³-hybridized carbons (Fsp3) is 0.455. The van der Waals surface area contributed by atoms with Gasteiger partial charge in [-0.05, 0) is 18.6 Å².